The predicted molar refractivity (Wildman–Crippen MR) is 137 cm³/mol. The predicted octanol–water partition coefficient (Wildman–Crippen LogP) is 4.80. The molecular weight excluding hydrogens is 452 g/mol. The number of aryl methyl sites for hydroxylation is 2. The lowest BCUT2D eigenvalue weighted by Gasteiger charge is -2.18. The van der Waals surface area contributed by atoms with Gasteiger partial charge in [0.15, 0.2) is 0 Å². The van der Waals surface area contributed by atoms with Gasteiger partial charge in [-0.15, -0.1) is 0 Å². The topological polar surface area (TPSA) is 99.4 Å². The molecule has 2 unspecified atom stereocenters. The second-order valence-electron chi connectivity index (χ2n) is 9.28. The molecule has 2 aliphatic heterocycles. The Morgan fingerprint density at radius 1 is 0.972 bits per heavy atom. The summed E-state index contributed by atoms with van der Waals surface area (Å²) in [5.74, 6) is 0.951. The molecule has 0 saturated heterocycles. The average Bonchev–Trinajstić information content (AvgIpc) is 3.45. The number of ether oxygens (including phenoxy) is 2. The second-order valence-corrected chi connectivity index (χ2v) is 9.28. The first-order valence-electron chi connectivity index (χ1n) is 11.9. The van der Waals surface area contributed by atoms with Crippen molar-refractivity contribution in [1.82, 2.24) is 15.3 Å². The summed E-state index contributed by atoms with van der Waals surface area (Å²) in [5.41, 5.74) is 15.9. The fourth-order valence-electron chi connectivity index (χ4n) is 5.26. The molecular formula is C29H26N4O3. The monoisotopic (exact) mass is 478 g/mol. The first-order valence-corrected chi connectivity index (χ1v) is 11.9. The van der Waals surface area contributed by atoms with E-state index in [1.165, 1.54) is 5.56 Å². The maximum Gasteiger partial charge on any atom is 0.251 e. The molecule has 7 heteroatoms. The number of hydrogen-bond donors (Lipinski definition) is 2. The third kappa shape index (κ3) is 3.60. The lowest BCUT2D eigenvalue weighted by Crippen LogP contribution is -2.24. The second kappa shape index (κ2) is 8.46. The molecule has 0 spiro atoms. The number of nitrogen functional groups attached to an aromatic ring is 1. The van der Waals surface area contributed by atoms with Crippen LogP contribution in [0.25, 0.3) is 11.1 Å². The van der Waals surface area contributed by atoms with Crippen LogP contribution in [0.15, 0.2) is 60.8 Å². The normalized spacial score (nSPS) is 17.0. The summed E-state index contributed by atoms with van der Waals surface area (Å²) in [6, 6.07) is 17.9. The number of carbonyl (C=O) groups excluding carboxylic acids is 1. The molecule has 36 heavy (non-hydrogen) atoms. The average molecular weight is 479 g/mol. The van der Waals surface area contributed by atoms with Gasteiger partial charge in [0.25, 0.3) is 5.91 Å². The zero-order valence-corrected chi connectivity index (χ0v) is 20.3. The number of nitrogens with two attached hydrogens (primary N) is 1. The van der Waals surface area contributed by atoms with Gasteiger partial charge in [-0.1, -0.05) is 18.2 Å². The quantitative estimate of drug-likeness (QED) is 0.427. The Hall–Kier alpha value is -4.23. The highest BCUT2D eigenvalue weighted by atomic mass is 16.5. The van der Waals surface area contributed by atoms with E-state index in [0.717, 1.165) is 44.6 Å². The van der Waals surface area contributed by atoms with Crippen molar-refractivity contribution in [2.45, 2.75) is 32.6 Å². The van der Waals surface area contributed by atoms with E-state index < -0.39 is 0 Å². The van der Waals surface area contributed by atoms with E-state index in [1.807, 2.05) is 56.4 Å². The Balaban J connectivity index is 1.23. The number of anilines is 1. The van der Waals surface area contributed by atoms with Gasteiger partial charge in [-0.2, -0.15) is 0 Å². The van der Waals surface area contributed by atoms with Crippen LogP contribution < -0.4 is 15.8 Å². The maximum absolute atomic E-state index is 13.0. The summed E-state index contributed by atoms with van der Waals surface area (Å²) in [7, 11) is 1.61. The molecule has 0 saturated carbocycles. The number of amides is 1. The first kappa shape index (κ1) is 22.2. The van der Waals surface area contributed by atoms with E-state index in [-0.39, 0.29) is 18.1 Å². The van der Waals surface area contributed by atoms with E-state index in [9.17, 15) is 4.79 Å². The van der Waals surface area contributed by atoms with Crippen LogP contribution in [0.4, 0.5) is 5.82 Å². The fourth-order valence-corrected chi connectivity index (χ4v) is 5.26. The van der Waals surface area contributed by atoms with Crippen molar-refractivity contribution in [2.24, 2.45) is 0 Å². The molecule has 180 valence electrons. The zero-order valence-electron chi connectivity index (χ0n) is 20.3. The number of methoxy groups -OCH3 is 1. The third-order valence-corrected chi connectivity index (χ3v) is 7.12. The largest absolute Gasteiger partial charge is 0.481 e. The molecule has 2 bridgehead atoms. The van der Waals surface area contributed by atoms with Gasteiger partial charge in [-0.05, 0) is 83.1 Å². The van der Waals surface area contributed by atoms with Crippen LogP contribution in [0.3, 0.4) is 0 Å². The van der Waals surface area contributed by atoms with Crippen LogP contribution in [0.2, 0.25) is 0 Å². The lowest BCUT2D eigenvalue weighted by atomic mass is 9.84. The van der Waals surface area contributed by atoms with Crippen molar-refractivity contribution in [3.05, 3.63) is 105 Å². The third-order valence-electron chi connectivity index (χ3n) is 7.12. The number of aromatic nitrogens is 2. The van der Waals surface area contributed by atoms with Gasteiger partial charge in [0.2, 0.25) is 5.88 Å². The highest BCUT2D eigenvalue weighted by Gasteiger charge is 2.43. The van der Waals surface area contributed by atoms with Gasteiger partial charge in [0, 0.05) is 35.6 Å². The van der Waals surface area contributed by atoms with Crippen molar-refractivity contribution in [3.63, 3.8) is 0 Å². The molecule has 7 nitrogen and oxygen atoms in total. The Kier molecular flexibility index (Phi) is 5.23. The number of rotatable bonds is 5. The van der Waals surface area contributed by atoms with Crippen LogP contribution in [-0.2, 0) is 11.3 Å². The van der Waals surface area contributed by atoms with Gasteiger partial charge in [0.1, 0.15) is 18.0 Å². The van der Waals surface area contributed by atoms with Crippen LogP contribution >= 0.6 is 0 Å². The number of fused-ring (bicyclic) bond motifs is 8. The Bertz CT molecular complexity index is 1490. The van der Waals surface area contributed by atoms with Crippen molar-refractivity contribution < 1.29 is 14.3 Å². The smallest absolute Gasteiger partial charge is 0.251 e. The maximum atomic E-state index is 13.0. The Morgan fingerprint density at radius 3 is 2.39 bits per heavy atom. The van der Waals surface area contributed by atoms with Gasteiger partial charge < -0.3 is 20.5 Å². The molecule has 2 aliphatic rings. The number of benzene rings is 2. The standard InChI is InChI=1S/C29H26N4O3/c1-15-10-25(30)33-16(2)24(15)14-32-29(34)18-5-8-21-23(12-18)28-20-7-4-17(11-22(20)27(21)36-28)19-6-9-26(35-3)31-13-19/h4-13,27-28H,14H2,1-3H3,(H2,30,33)(H,32,34). The fraction of sp³-hybridized carbons (Fsp3) is 0.207. The molecule has 1 amide bonds. The highest BCUT2D eigenvalue weighted by Crippen LogP contribution is 2.54. The van der Waals surface area contributed by atoms with Crippen LogP contribution in [0.5, 0.6) is 5.88 Å². The van der Waals surface area contributed by atoms with Crippen LogP contribution in [-0.4, -0.2) is 23.0 Å². The van der Waals surface area contributed by atoms with E-state index >= 15 is 0 Å². The summed E-state index contributed by atoms with van der Waals surface area (Å²) in [5, 5.41) is 3.03. The minimum Gasteiger partial charge on any atom is -0.481 e. The van der Waals surface area contributed by atoms with Crippen molar-refractivity contribution in [2.75, 3.05) is 12.8 Å². The zero-order chi connectivity index (χ0) is 25.0. The molecule has 2 atom stereocenters. The molecule has 0 aliphatic carbocycles. The van der Waals surface area contributed by atoms with Gasteiger partial charge in [-0.3, -0.25) is 4.79 Å². The van der Waals surface area contributed by atoms with E-state index in [1.54, 1.807) is 7.11 Å². The number of pyridine rings is 2. The minimum atomic E-state index is -0.165. The minimum absolute atomic E-state index is 0.126. The molecule has 0 fully saturated rings. The number of hydrogen-bond acceptors (Lipinski definition) is 6. The highest BCUT2D eigenvalue weighted by molar-refractivity contribution is 5.94. The number of nitrogens with one attached hydrogen (secondary N) is 1. The summed E-state index contributed by atoms with van der Waals surface area (Å²) in [6.07, 6.45) is 1.52. The summed E-state index contributed by atoms with van der Waals surface area (Å²) in [6.45, 7) is 4.28. The van der Waals surface area contributed by atoms with E-state index in [4.69, 9.17) is 15.2 Å². The molecule has 4 heterocycles. The molecule has 2 aromatic heterocycles. The molecule has 6 rings (SSSR count). The summed E-state index contributed by atoms with van der Waals surface area (Å²) < 4.78 is 11.5. The van der Waals surface area contributed by atoms with E-state index in [2.05, 4.69) is 33.5 Å². The summed E-state index contributed by atoms with van der Waals surface area (Å²) in [4.78, 5) is 21.6. The summed E-state index contributed by atoms with van der Waals surface area (Å²) >= 11 is 0. The number of nitrogens with zero attached hydrogens (tertiary/aromatic N) is 2. The van der Waals surface area contributed by atoms with Crippen molar-refractivity contribution in [3.8, 4) is 17.0 Å². The van der Waals surface area contributed by atoms with Gasteiger partial charge >= 0.3 is 0 Å². The lowest BCUT2D eigenvalue weighted by molar-refractivity contribution is 0.0857. The van der Waals surface area contributed by atoms with Crippen molar-refractivity contribution in [1.29, 1.82) is 0 Å². The Labute approximate surface area is 209 Å². The van der Waals surface area contributed by atoms with Crippen LogP contribution in [0, 0.1) is 13.8 Å². The molecule has 4 aromatic rings. The number of carbonyl (C=O) groups is 1. The molecule has 3 N–H and O–H groups in total. The van der Waals surface area contributed by atoms with Crippen molar-refractivity contribution >= 4 is 11.7 Å². The molecule has 0 radical (unpaired) electrons. The van der Waals surface area contributed by atoms with Crippen LogP contribution in [0.1, 0.15) is 61.6 Å². The molecule has 2 aromatic carbocycles. The van der Waals surface area contributed by atoms with Gasteiger partial charge in [-0.25, -0.2) is 9.97 Å². The van der Waals surface area contributed by atoms with Gasteiger partial charge in [0.05, 0.1) is 7.11 Å². The first-order chi connectivity index (χ1) is 17.4. The Morgan fingerprint density at radius 2 is 1.69 bits per heavy atom. The SMILES string of the molecule is COc1ccc(-c2ccc3c(c2)C2OC3c3cc(C(=O)NCc4c(C)cc(N)nc4C)ccc32)cn1. The van der Waals surface area contributed by atoms with E-state index in [0.29, 0.717) is 23.8 Å².